The van der Waals surface area contributed by atoms with Crippen LogP contribution in [-0.4, -0.2) is 20.9 Å². The average molecular weight is 256 g/mol. The molecule has 1 rings (SSSR count). The molecule has 0 unspecified atom stereocenters. The molecule has 0 aliphatic heterocycles. The molecule has 0 aliphatic carbocycles. The van der Waals surface area contributed by atoms with E-state index in [0.29, 0.717) is 17.3 Å². The van der Waals surface area contributed by atoms with Gasteiger partial charge in [0.2, 0.25) is 5.88 Å². The van der Waals surface area contributed by atoms with E-state index in [2.05, 4.69) is 11.9 Å². The van der Waals surface area contributed by atoms with Crippen molar-refractivity contribution in [1.82, 2.24) is 9.55 Å². The molecular formula is C12H20N2O2S. The van der Waals surface area contributed by atoms with Crippen LogP contribution in [0.25, 0.3) is 0 Å². The van der Waals surface area contributed by atoms with Crippen molar-refractivity contribution in [2.75, 3.05) is 6.26 Å². The number of hydrogen-bond acceptors (Lipinski definition) is 4. The molecule has 1 heterocycles. The molecule has 0 aromatic carbocycles. The molecule has 0 bridgehead atoms. The first kappa shape index (κ1) is 14.1. The largest absolute Gasteiger partial charge is 0.493 e. The second kappa shape index (κ2) is 6.10. The van der Waals surface area contributed by atoms with Gasteiger partial charge < -0.3 is 5.11 Å². The van der Waals surface area contributed by atoms with E-state index < -0.39 is 0 Å². The van der Waals surface area contributed by atoms with Gasteiger partial charge in [0.25, 0.3) is 5.56 Å². The number of aromatic nitrogens is 2. The summed E-state index contributed by atoms with van der Waals surface area (Å²) >= 11 is 1.37. The molecule has 1 aromatic heterocycles. The van der Waals surface area contributed by atoms with E-state index in [1.54, 1.807) is 4.57 Å². The minimum absolute atomic E-state index is 0.0497. The topological polar surface area (TPSA) is 55.1 Å². The molecule has 96 valence electrons. The Labute approximate surface area is 106 Å². The molecule has 5 heteroatoms. The molecule has 0 aliphatic rings. The normalized spacial score (nSPS) is 12.7. The fourth-order valence-electron chi connectivity index (χ4n) is 1.98. The summed E-state index contributed by atoms with van der Waals surface area (Å²) in [5.74, 6) is -0.0568. The monoisotopic (exact) mass is 256 g/mol. The highest BCUT2D eigenvalue weighted by atomic mass is 32.2. The van der Waals surface area contributed by atoms with E-state index in [1.807, 2.05) is 20.1 Å². The SMILES string of the molecule is CCC[C@@H](C)c1c(O)nc(SC)n(CC)c1=O. The predicted molar refractivity (Wildman–Crippen MR) is 70.9 cm³/mol. The standard InChI is InChI=1S/C12H20N2O2S/c1-5-7-8(3)9-10(15)13-12(17-4)14(6-2)11(9)16/h8,15H,5-7H2,1-4H3/t8-/m1/s1. The second-order valence-electron chi connectivity index (χ2n) is 4.07. The highest BCUT2D eigenvalue weighted by Crippen LogP contribution is 2.26. The van der Waals surface area contributed by atoms with Gasteiger partial charge in [0.15, 0.2) is 5.16 Å². The summed E-state index contributed by atoms with van der Waals surface area (Å²) in [6, 6.07) is 0. The Balaban J connectivity index is 3.37. The lowest BCUT2D eigenvalue weighted by molar-refractivity contribution is 0.415. The van der Waals surface area contributed by atoms with E-state index >= 15 is 0 Å². The Morgan fingerprint density at radius 2 is 2.12 bits per heavy atom. The number of nitrogens with zero attached hydrogens (tertiary/aromatic N) is 2. The molecule has 0 amide bonds. The van der Waals surface area contributed by atoms with Crippen LogP contribution in [0.15, 0.2) is 9.95 Å². The lowest BCUT2D eigenvalue weighted by atomic mass is 9.98. The van der Waals surface area contributed by atoms with Gasteiger partial charge in [-0.25, -0.2) is 0 Å². The molecule has 1 atom stereocenters. The van der Waals surface area contributed by atoms with Gasteiger partial charge in [-0.15, -0.1) is 0 Å². The number of rotatable bonds is 5. The summed E-state index contributed by atoms with van der Waals surface area (Å²) in [7, 11) is 0. The minimum Gasteiger partial charge on any atom is -0.493 e. The van der Waals surface area contributed by atoms with Crippen LogP contribution in [0.5, 0.6) is 5.88 Å². The lowest BCUT2D eigenvalue weighted by Crippen LogP contribution is -2.27. The van der Waals surface area contributed by atoms with Gasteiger partial charge in [-0.1, -0.05) is 32.0 Å². The number of aromatic hydroxyl groups is 1. The van der Waals surface area contributed by atoms with Gasteiger partial charge in [0, 0.05) is 6.54 Å². The van der Waals surface area contributed by atoms with Crippen molar-refractivity contribution in [2.24, 2.45) is 0 Å². The Morgan fingerprint density at radius 3 is 2.59 bits per heavy atom. The molecule has 0 radical (unpaired) electrons. The molecule has 4 nitrogen and oxygen atoms in total. The van der Waals surface area contributed by atoms with Gasteiger partial charge >= 0.3 is 0 Å². The number of hydrogen-bond donors (Lipinski definition) is 1. The third-order valence-corrected chi connectivity index (χ3v) is 3.54. The molecular weight excluding hydrogens is 236 g/mol. The summed E-state index contributed by atoms with van der Waals surface area (Å²) in [6.07, 6.45) is 3.71. The first-order valence-corrected chi connectivity index (χ1v) is 7.16. The molecule has 1 aromatic rings. The van der Waals surface area contributed by atoms with Crippen molar-refractivity contribution < 1.29 is 5.11 Å². The molecule has 0 saturated heterocycles. The van der Waals surface area contributed by atoms with Gasteiger partial charge in [0.05, 0.1) is 5.56 Å². The van der Waals surface area contributed by atoms with Crippen molar-refractivity contribution in [3.63, 3.8) is 0 Å². The third kappa shape index (κ3) is 2.83. The second-order valence-corrected chi connectivity index (χ2v) is 4.85. The van der Waals surface area contributed by atoms with Crippen molar-refractivity contribution in [3.05, 3.63) is 15.9 Å². The predicted octanol–water partition coefficient (Wildman–Crippen LogP) is 2.59. The van der Waals surface area contributed by atoms with Crippen molar-refractivity contribution in [2.45, 2.75) is 51.2 Å². The van der Waals surface area contributed by atoms with Crippen LogP contribution in [0.1, 0.15) is 45.1 Å². The summed E-state index contributed by atoms with van der Waals surface area (Å²) in [5, 5.41) is 10.5. The zero-order valence-electron chi connectivity index (χ0n) is 10.9. The van der Waals surface area contributed by atoms with E-state index in [4.69, 9.17) is 0 Å². The molecule has 0 spiro atoms. The van der Waals surface area contributed by atoms with Crippen LogP contribution < -0.4 is 5.56 Å². The van der Waals surface area contributed by atoms with E-state index in [-0.39, 0.29) is 17.4 Å². The van der Waals surface area contributed by atoms with Crippen molar-refractivity contribution >= 4 is 11.8 Å². The first-order chi connectivity index (χ1) is 8.06. The summed E-state index contributed by atoms with van der Waals surface area (Å²) < 4.78 is 1.62. The van der Waals surface area contributed by atoms with Crippen molar-refractivity contribution in [1.29, 1.82) is 0 Å². The maximum Gasteiger partial charge on any atom is 0.261 e. The Morgan fingerprint density at radius 1 is 1.47 bits per heavy atom. The summed E-state index contributed by atoms with van der Waals surface area (Å²) in [5.41, 5.74) is 0.344. The van der Waals surface area contributed by atoms with Crippen LogP contribution in [0.4, 0.5) is 0 Å². The molecule has 0 fully saturated rings. The van der Waals surface area contributed by atoms with Crippen molar-refractivity contribution in [3.8, 4) is 5.88 Å². The fourth-order valence-corrected chi connectivity index (χ4v) is 2.59. The Bertz CT molecular complexity index is 443. The summed E-state index contributed by atoms with van der Waals surface area (Å²) in [6.45, 7) is 6.51. The minimum atomic E-state index is -0.106. The van der Waals surface area contributed by atoms with Crippen LogP contribution in [0.2, 0.25) is 0 Å². The van der Waals surface area contributed by atoms with Gasteiger partial charge in [-0.05, 0) is 25.5 Å². The van der Waals surface area contributed by atoms with Crippen LogP contribution in [0.3, 0.4) is 0 Å². The third-order valence-electron chi connectivity index (χ3n) is 2.86. The van der Waals surface area contributed by atoms with Gasteiger partial charge in [-0.3, -0.25) is 9.36 Å². The summed E-state index contributed by atoms with van der Waals surface area (Å²) in [4.78, 5) is 16.4. The maximum absolute atomic E-state index is 12.3. The zero-order valence-corrected chi connectivity index (χ0v) is 11.7. The van der Waals surface area contributed by atoms with E-state index in [9.17, 15) is 9.90 Å². The zero-order chi connectivity index (χ0) is 13.0. The molecule has 0 saturated carbocycles. The van der Waals surface area contributed by atoms with Gasteiger partial charge in [-0.2, -0.15) is 4.98 Å². The highest BCUT2D eigenvalue weighted by molar-refractivity contribution is 7.98. The fraction of sp³-hybridized carbons (Fsp3) is 0.667. The van der Waals surface area contributed by atoms with Gasteiger partial charge in [0.1, 0.15) is 0 Å². The number of thioether (sulfide) groups is 1. The maximum atomic E-state index is 12.3. The van der Waals surface area contributed by atoms with Crippen LogP contribution in [-0.2, 0) is 6.54 Å². The van der Waals surface area contributed by atoms with Crippen LogP contribution >= 0.6 is 11.8 Å². The Kier molecular flexibility index (Phi) is 5.05. The highest BCUT2D eigenvalue weighted by Gasteiger charge is 2.19. The Hall–Kier alpha value is -0.970. The molecule has 17 heavy (non-hydrogen) atoms. The molecule has 1 N–H and O–H groups in total. The van der Waals surface area contributed by atoms with E-state index in [0.717, 1.165) is 12.8 Å². The van der Waals surface area contributed by atoms with Crippen LogP contribution in [0, 0.1) is 0 Å². The first-order valence-electron chi connectivity index (χ1n) is 5.94. The quantitative estimate of drug-likeness (QED) is 0.650. The smallest absolute Gasteiger partial charge is 0.261 e. The lowest BCUT2D eigenvalue weighted by Gasteiger charge is -2.15. The van der Waals surface area contributed by atoms with E-state index in [1.165, 1.54) is 11.8 Å². The average Bonchev–Trinajstić information content (AvgIpc) is 2.28.